The van der Waals surface area contributed by atoms with Crippen LogP contribution < -0.4 is 24.2 Å². The minimum absolute atomic E-state index is 0.101. The van der Waals surface area contributed by atoms with Crippen LogP contribution in [0.15, 0.2) is 47.5 Å². The first-order valence-electron chi connectivity index (χ1n) is 8.57. The van der Waals surface area contributed by atoms with Gasteiger partial charge in [0.1, 0.15) is 5.75 Å². The Morgan fingerprint density at radius 1 is 1.04 bits per heavy atom. The first-order chi connectivity index (χ1) is 13.3. The summed E-state index contributed by atoms with van der Waals surface area (Å²) in [5.74, 6) is 1.95. The van der Waals surface area contributed by atoms with E-state index in [-0.39, 0.29) is 12.5 Å². The number of hydrogen-bond acceptors (Lipinski definition) is 6. The number of nitrogens with zero attached hydrogens (tertiary/aromatic N) is 1. The quantitative estimate of drug-likeness (QED) is 0.516. The standard InChI is InChI=1S/C19H25N3O5S/c1-5-27-16-9-6-14(7-10-16)13-20-19(22-28(4,23)24)21-15-8-11-17(25-2)18(12-15)26-3/h6-12H,5,13H2,1-4H3,(H2,20,21,22). The Labute approximate surface area is 165 Å². The second-order valence-corrected chi connectivity index (χ2v) is 7.56. The van der Waals surface area contributed by atoms with E-state index in [1.807, 2.05) is 31.2 Å². The van der Waals surface area contributed by atoms with Gasteiger partial charge in [-0.2, -0.15) is 0 Å². The van der Waals surface area contributed by atoms with Gasteiger partial charge in [-0.25, -0.2) is 13.4 Å². The molecule has 9 heteroatoms. The third kappa shape index (κ3) is 6.66. The van der Waals surface area contributed by atoms with Gasteiger partial charge in [-0.1, -0.05) is 12.1 Å². The smallest absolute Gasteiger partial charge is 0.232 e. The third-order valence-electron chi connectivity index (χ3n) is 3.58. The van der Waals surface area contributed by atoms with Crippen molar-refractivity contribution < 1.29 is 22.6 Å². The van der Waals surface area contributed by atoms with E-state index in [0.717, 1.165) is 17.6 Å². The van der Waals surface area contributed by atoms with Crippen LogP contribution in [0.4, 0.5) is 5.69 Å². The lowest BCUT2D eigenvalue weighted by atomic mass is 10.2. The monoisotopic (exact) mass is 407 g/mol. The molecule has 2 aromatic carbocycles. The lowest BCUT2D eigenvalue weighted by Crippen LogP contribution is -2.35. The van der Waals surface area contributed by atoms with E-state index in [9.17, 15) is 8.42 Å². The highest BCUT2D eigenvalue weighted by molar-refractivity contribution is 7.89. The Balaban J connectivity index is 2.20. The predicted octanol–water partition coefficient (Wildman–Crippen LogP) is 2.62. The number of nitrogens with one attached hydrogen (secondary N) is 2. The molecule has 2 N–H and O–H groups in total. The Morgan fingerprint density at radius 3 is 2.29 bits per heavy atom. The molecule has 0 unspecified atom stereocenters. The summed E-state index contributed by atoms with van der Waals surface area (Å²) in [6.07, 6.45) is 1.07. The van der Waals surface area contributed by atoms with Crippen molar-refractivity contribution in [3.8, 4) is 17.2 Å². The molecule has 2 rings (SSSR count). The molecule has 0 aliphatic rings. The Hall–Kier alpha value is -2.94. The zero-order valence-electron chi connectivity index (χ0n) is 16.4. The molecular weight excluding hydrogens is 382 g/mol. The summed E-state index contributed by atoms with van der Waals surface area (Å²) < 4.78 is 41.6. The van der Waals surface area contributed by atoms with E-state index in [2.05, 4.69) is 15.0 Å². The van der Waals surface area contributed by atoms with E-state index < -0.39 is 10.0 Å². The summed E-state index contributed by atoms with van der Waals surface area (Å²) in [6.45, 7) is 2.79. The van der Waals surface area contributed by atoms with Crippen LogP contribution in [0.3, 0.4) is 0 Å². The number of ether oxygens (including phenoxy) is 3. The molecule has 0 heterocycles. The van der Waals surface area contributed by atoms with Crippen LogP contribution in [-0.2, 0) is 16.6 Å². The fourth-order valence-corrected chi connectivity index (χ4v) is 2.82. The topological polar surface area (TPSA) is 98.2 Å². The van der Waals surface area contributed by atoms with Gasteiger partial charge < -0.3 is 19.5 Å². The molecule has 0 aliphatic heterocycles. The maximum Gasteiger partial charge on any atom is 0.232 e. The van der Waals surface area contributed by atoms with E-state index in [4.69, 9.17) is 14.2 Å². The summed E-state index contributed by atoms with van der Waals surface area (Å²) in [5.41, 5.74) is 1.50. The highest BCUT2D eigenvalue weighted by Gasteiger charge is 2.10. The minimum atomic E-state index is -3.51. The fraction of sp³-hybridized carbons (Fsp3) is 0.316. The van der Waals surface area contributed by atoms with E-state index in [0.29, 0.717) is 23.8 Å². The molecule has 2 aromatic rings. The minimum Gasteiger partial charge on any atom is -0.494 e. The van der Waals surface area contributed by atoms with Crippen LogP contribution in [0, 0.1) is 0 Å². The number of anilines is 1. The van der Waals surface area contributed by atoms with Crippen molar-refractivity contribution in [3.05, 3.63) is 48.0 Å². The van der Waals surface area contributed by atoms with Gasteiger partial charge in [0, 0.05) is 11.8 Å². The number of sulfonamides is 1. The van der Waals surface area contributed by atoms with Gasteiger partial charge in [0.15, 0.2) is 11.5 Å². The van der Waals surface area contributed by atoms with Gasteiger partial charge >= 0.3 is 0 Å². The van der Waals surface area contributed by atoms with Gasteiger partial charge in [0.05, 0.1) is 33.6 Å². The average molecular weight is 407 g/mol. The fourth-order valence-electron chi connectivity index (χ4n) is 2.35. The maximum atomic E-state index is 11.7. The molecule has 0 atom stereocenters. The van der Waals surface area contributed by atoms with Crippen LogP contribution in [0.5, 0.6) is 17.2 Å². The lowest BCUT2D eigenvalue weighted by molar-refractivity contribution is 0.340. The Kier molecular flexibility index (Phi) is 7.51. The molecule has 8 nitrogen and oxygen atoms in total. The highest BCUT2D eigenvalue weighted by Crippen LogP contribution is 2.29. The maximum absolute atomic E-state index is 11.7. The molecule has 0 aliphatic carbocycles. The molecule has 28 heavy (non-hydrogen) atoms. The van der Waals surface area contributed by atoms with Crippen molar-refractivity contribution in [2.24, 2.45) is 4.99 Å². The molecule has 0 saturated carbocycles. The zero-order chi connectivity index (χ0) is 20.6. The molecule has 0 fully saturated rings. The van der Waals surface area contributed by atoms with Gasteiger partial charge in [0.2, 0.25) is 16.0 Å². The van der Waals surface area contributed by atoms with E-state index in [1.54, 1.807) is 25.3 Å². The second-order valence-electron chi connectivity index (χ2n) is 5.81. The van der Waals surface area contributed by atoms with Gasteiger partial charge in [-0.05, 0) is 36.8 Å². The molecular formula is C19H25N3O5S. The van der Waals surface area contributed by atoms with Gasteiger partial charge in [-0.15, -0.1) is 0 Å². The second kappa shape index (κ2) is 9.84. The molecule has 0 saturated heterocycles. The van der Waals surface area contributed by atoms with Crippen molar-refractivity contribution in [1.29, 1.82) is 0 Å². The highest BCUT2D eigenvalue weighted by atomic mass is 32.2. The molecule has 0 spiro atoms. The van der Waals surface area contributed by atoms with Crippen molar-refractivity contribution in [2.45, 2.75) is 13.5 Å². The number of guanidine groups is 1. The molecule has 152 valence electrons. The average Bonchev–Trinajstić information content (AvgIpc) is 2.66. The van der Waals surface area contributed by atoms with Crippen LogP contribution in [0.25, 0.3) is 0 Å². The van der Waals surface area contributed by atoms with Crippen LogP contribution >= 0.6 is 0 Å². The number of hydrogen-bond donors (Lipinski definition) is 2. The molecule has 0 bridgehead atoms. The van der Waals surface area contributed by atoms with Crippen molar-refractivity contribution >= 4 is 21.7 Å². The SMILES string of the molecule is CCOc1ccc(CN=C(Nc2ccc(OC)c(OC)c2)NS(C)(=O)=O)cc1. The molecule has 0 radical (unpaired) electrons. The number of aliphatic imine (C=N–C) groups is 1. The van der Waals surface area contributed by atoms with Crippen molar-refractivity contribution in [3.63, 3.8) is 0 Å². The van der Waals surface area contributed by atoms with Crippen LogP contribution in [0.2, 0.25) is 0 Å². The molecule has 0 amide bonds. The van der Waals surface area contributed by atoms with Crippen LogP contribution in [0.1, 0.15) is 12.5 Å². The van der Waals surface area contributed by atoms with E-state index in [1.165, 1.54) is 7.11 Å². The van der Waals surface area contributed by atoms with E-state index >= 15 is 0 Å². The Bertz CT molecular complexity index is 912. The summed E-state index contributed by atoms with van der Waals surface area (Å²) in [6, 6.07) is 12.6. The van der Waals surface area contributed by atoms with Crippen LogP contribution in [-0.4, -0.2) is 41.5 Å². The molecule has 0 aromatic heterocycles. The van der Waals surface area contributed by atoms with Crippen molar-refractivity contribution in [2.75, 3.05) is 32.4 Å². The number of rotatable bonds is 8. The first kappa shape index (κ1) is 21.4. The number of methoxy groups -OCH3 is 2. The summed E-state index contributed by atoms with van der Waals surface area (Å²) in [4.78, 5) is 4.35. The van der Waals surface area contributed by atoms with Crippen molar-refractivity contribution in [1.82, 2.24) is 4.72 Å². The summed E-state index contributed by atoms with van der Waals surface area (Å²) in [5, 5.41) is 2.96. The summed E-state index contributed by atoms with van der Waals surface area (Å²) in [7, 11) is -0.443. The normalized spacial score (nSPS) is 11.6. The number of benzene rings is 2. The van der Waals surface area contributed by atoms with Gasteiger partial charge in [-0.3, -0.25) is 4.72 Å². The predicted molar refractivity (Wildman–Crippen MR) is 110 cm³/mol. The largest absolute Gasteiger partial charge is 0.494 e. The van der Waals surface area contributed by atoms with Gasteiger partial charge in [0.25, 0.3) is 0 Å². The lowest BCUT2D eigenvalue weighted by Gasteiger charge is -2.14. The summed E-state index contributed by atoms with van der Waals surface area (Å²) >= 11 is 0. The first-order valence-corrected chi connectivity index (χ1v) is 10.5. The third-order valence-corrected chi connectivity index (χ3v) is 4.15. The zero-order valence-corrected chi connectivity index (χ0v) is 17.2. The Morgan fingerprint density at radius 2 is 1.71 bits per heavy atom.